The fourth-order valence-electron chi connectivity index (χ4n) is 2.18. The van der Waals surface area contributed by atoms with Gasteiger partial charge in [0.1, 0.15) is 5.75 Å². The Labute approximate surface area is 147 Å². The van der Waals surface area contributed by atoms with E-state index in [1.54, 1.807) is 24.3 Å². The van der Waals surface area contributed by atoms with Crippen LogP contribution in [0.1, 0.15) is 12.0 Å². The van der Waals surface area contributed by atoms with Crippen molar-refractivity contribution in [2.45, 2.75) is 12.6 Å². The molecule has 2 rings (SSSR count). The molecule has 0 aliphatic heterocycles. The predicted octanol–water partition coefficient (Wildman–Crippen LogP) is 4.81. The summed E-state index contributed by atoms with van der Waals surface area (Å²) in [5, 5.41) is 5.27. The monoisotopic (exact) mass is 372 g/mol. The van der Waals surface area contributed by atoms with Crippen LogP contribution in [-0.2, 0) is 11.0 Å². The second kappa shape index (κ2) is 8.11. The van der Waals surface area contributed by atoms with Crippen LogP contribution in [0.2, 0.25) is 5.02 Å². The Morgan fingerprint density at radius 1 is 1.16 bits per heavy atom. The minimum absolute atomic E-state index is 0.00760. The van der Waals surface area contributed by atoms with Crippen LogP contribution in [0.15, 0.2) is 42.5 Å². The summed E-state index contributed by atoms with van der Waals surface area (Å²) < 4.78 is 44.1. The van der Waals surface area contributed by atoms with Gasteiger partial charge in [-0.05, 0) is 30.3 Å². The average Bonchev–Trinajstić information content (AvgIpc) is 2.55. The highest BCUT2D eigenvalue weighted by Gasteiger charge is 2.33. The van der Waals surface area contributed by atoms with Crippen molar-refractivity contribution < 1.29 is 22.7 Å². The Balaban J connectivity index is 1.96. The van der Waals surface area contributed by atoms with E-state index in [4.69, 9.17) is 16.3 Å². The number of hydrogen-bond donors (Lipinski definition) is 2. The molecule has 0 radical (unpaired) electrons. The van der Waals surface area contributed by atoms with E-state index in [-0.39, 0.29) is 29.6 Å². The van der Waals surface area contributed by atoms with Crippen molar-refractivity contribution in [1.29, 1.82) is 0 Å². The van der Waals surface area contributed by atoms with Gasteiger partial charge in [0, 0.05) is 23.7 Å². The predicted molar refractivity (Wildman–Crippen MR) is 91.2 cm³/mol. The normalized spacial score (nSPS) is 11.1. The Morgan fingerprint density at radius 3 is 2.56 bits per heavy atom. The maximum atomic E-state index is 13.0. The van der Waals surface area contributed by atoms with Crippen LogP contribution in [0.4, 0.5) is 24.5 Å². The molecular formula is C17H16ClF3N2O2. The van der Waals surface area contributed by atoms with Gasteiger partial charge in [0.2, 0.25) is 5.91 Å². The molecule has 8 heteroatoms. The SMILES string of the molecule is COc1ccccc1NC(=O)CCNc1ccc(Cl)cc1C(F)(F)F. The lowest BCUT2D eigenvalue weighted by Gasteiger charge is -2.15. The van der Waals surface area contributed by atoms with Crippen LogP contribution in [0, 0.1) is 0 Å². The van der Waals surface area contributed by atoms with Crippen molar-refractivity contribution in [3.8, 4) is 5.75 Å². The number of rotatable bonds is 6. The first-order chi connectivity index (χ1) is 11.8. The highest BCUT2D eigenvalue weighted by molar-refractivity contribution is 6.30. The van der Waals surface area contributed by atoms with Gasteiger partial charge in [0.05, 0.1) is 18.4 Å². The zero-order valence-electron chi connectivity index (χ0n) is 13.3. The fraction of sp³-hybridized carbons (Fsp3) is 0.235. The standard InChI is InChI=1S/C17H16ClF3N2O2/c1-25-15-5-3-2-4-14(15)23-16(24)8-9-22-13-7-6-11(18)10-12(13)17(19,20)21/h2-7,10,22H,8-9H2,1H3,(H,23,24). The van der Waals surface area contributed by atoms with E-state index < -0.39 is 11.7 Å². The topological polar surface area (TPSA) is 50.4 Å². The number of halogens is 4. The van der Waals surface area contributed by atoms with Crippen LogP contribution in [0.3, 0.4) is 0 Å². The molecule has 0 bridgehead atoms. The van der Waals surface area contributed by atoms with Crippen LogP contribution >= 0.6 is 11.6 Å². The van der Waals surface area contributed by atoms with Gasteiger partial charge < -0.3 is 15.4 Å². The lowest BCUT2D eigenvalue weighted by atomic mass is 10.1. The molecule has 0 aliphatic rings. The number of carbonyl (C=O) groups is 1. The molecule has 25 heavy (non-hydrogen) atoms. The molecular weight excluding hydrogens is 357 g/mol. The van der Waals surface area contributed by atoms with Gasteiger partial charge in [-0.2, -0.15) is 13.2 Å². The lowest BCUT2D eigenvalue weighted by Crippen LogP contribution is -2.18. The van der Waals surface area contributed by atoms with E-state index in [0.717, 1.165) is 6.07 Å². The van der Waals surface area contributed by atoms with Crippen molar-refractivity contribution in [2.24, 2.45) is 0 Å². The smallest absolute Gasteiger partial charge is 0.418 e. The largest absolute Gasteiger partial charge is 0.495 e. The zero-order valence-corrected chi connectivity index (χ0v) is 14.0. The van der Waals surface area contributed by atoms with E-state index in [9.17, 15) is 18.0 Å². The van der Waals surface area contributed by atoms with Crippen LogP contribution in [-0.4, -0.2) is 19.6 Å². The highest BCUT2D eigenvalue weighted by Crippen LogP contribution is 2.36. The fourth-order valence-corrected chi connectivity index (χ4v) is 2.35. The quantitative estimate of drug-likeness (QED) is 0.765. The Hall–Kier alpha value is -2.41. The molecule has 0 spiro atoms. The summed E-state index contributed by atoms with van der Waals surface area (Å²) in [6, 6.07) is 10.3. The number of hydrogen-bond acceptors (Lipinski definition) is 3. The average molecular weight is 373 g/mol. The first-order valence-corrected chi connectivity index (χ1v) is 7.72. The molecule has 0 aliphatic carbocycles. The molecule has 1 amide bonds. The molecule has 2 aromatic carbocycles. The molecule has 2 N–H and O–H groups in total. The first-order valence-electron chi connectivity index (χ1n) is 7.34. The van der Waals surface area contributed by atoms with Gasteiger partial charge in [0.25, 0.3) is 0 Å². The molecule has 0 atom stereocenters. The number of para-hydroxylation sites is 2. The highest BCUT2D eigenvalue weighted by atomic mass is 35.5. The third kappa shape index (κ3) is 5.29. The van der Waals surface area contributed by atoms with Crippen molar-refractivity contribution in [3.05, 3.63) is 53.1 Å². The van der Waals surface area contributed by atoms with Crippen LogP contribution in [0.5, 0.6) is 5.75 Å². The summed E-state index contributed by atoms with van der Waals surface area (Å²) in [6.07, 6.45) is -4.55. The minimum atomic E-state index is -4.53. The second-order valence-electron chi connectivity index (χ2n) is 5.11. The van der Waals surface area contributed by atoms with Gasteiger partial charge in [-0.25, -0.2) is 0 Å². The van der Waals surface area contributed by atoms with Gasteiger partial charge >= 0.3 is 6.18 Å². The van der Waals surface area contributed by atoms with E-state index >= 15 is 0 Å². The molecule has 0 unspecified atom stereocenters. The first kappa shape index (κ1) is 18.9. The molecule has 2 aromatic rings. The summed E-state index contributed by atoms with van der Waals surface area (Å²) >= 11 is 5.62. The van der Waals surface area contributed by atoms with Gasteiger partial charge in [-0.3, -0.25) is 4.79 Å². The van der Waals surface area contributed by atoms with Gasteiger partial charge in [-0.15, -0.1) is 0 Å². The maximum Gasteiger partial charge on any atom is 0.418 e. The number of methoxy groups -OCH3 is 1. The number of ether oxygens (including phenoxy) is 1. The molecule has 0 fully saturated rings. The van der Waals surface area contributed by atoms with E-state index in [0.29, 0.717) is 11.4 Å². The van der Waals surface area contributed by atoms with Crippen molar-refractivity contribution >= 4 is 28.9 Å². The van der Waals surface area contributed by atoms with E-state index in [1.165, 1.54) is 19.2 Å². The van der Waals surface area contributed by atoms with E-state index in [1.807, 2.05) is 0 Å². The summed E-state index contributed by atoms with van der Waals surface area (Å²) in [7, 11) is 1.48. The number of alkyl halides is 3. The van der Waals surface area contributed by atoms with Crippen molar-refractivity contribution in [2.75, 3.05) is 24.3 Å². The summed E-state index contributed by atoms with van der Waals surface area (Å²) in [5.41, 5.74) is -0.496. The lowest BCUT2D eigenvalue weighted by molar-refractivity contribution is -0.137. The number of nitrogens with one attached hydrogen (secondary N) is 2. The molecule has 4 nitrogen and oxygen atoms in total. The molecule has 0 aromatic heterocycles. The molecule has 0 heterocycles. The van der Waals surface area contributed by atoms with Crippen molar-refractivity contribution in [3.63, 3.8) is 0 Å². The number of amides is 1. The van der Waals surface area contributed by atoms with Crippen LogP contribution in [0.25, 0.3) is 0 Å². The third-order valence-electron chi connectivity index (χ3n) is 3.34. The van der Waals surface area contributed by atoms with Crippen LogP contribution < -0.4 is 15.4 Å². The Bertz CT molecular complexity index is 751. The molecule has 0 saturated carbocycles. The Kier molecular flexibility index (Phi) is 6.14. The third-order valence-corrected chi connectivity index (χ3v) is 3.57. The minimum Gasteiger partial charge on any atom is -0.495 e. The molecule has 0 saturated heterocycles. The van der Waals surface area contributed by atoms with E-state index in [2.05, 4.69) is 10.6 Å². The summed E-state index contributed by atoms with van der Waals surface area (Å²) in [5.74, 6) is 0.153. The zero-order chi connectivity index (χ0) is 18.4. The van der Waals surface area contributed by atoms with Gasteiger partial charge in [-0.1, -0.05) is 23.7 Å². The summed E-state index contributed by atoms with van der Waals surface area (Å²) in [6.45, 7) is 0.0334. The van der Waals surface area contributed by atoms with Crippen molar-refractivity contribution in [1.82, 2.24) is 0 Å². The number of anilines is 2. The second-order valence-corrected chi connectivity index (χ2v) is 5.55. The van der Waals surface area contributed by atoms with Gasteiger partial charge in [0.15, 0.2) is 0 Å². The summed E-state index contributed by atoms with van der Waals surface area (Å²) in [4.78, 5) is 12.0. The maximum absolute atomic E-state index is 13.0. The number of carbonyl (C=O) groups excluding carboxylic acids is 1. The molecule has 134 valence electrons. The number of benzene rings is 2. The Morgan fingerprint density at radius 2 is 1.88 bits per heavy atom.